The van der Waals surface area contributed by atoms with Gasteiger partial charge in [-0.15, -0.1) is 0 Å². The number of unbranched alkanes of at least 4 members (excludes halogenated alkanes) is 6. The summed E-state index contributed by atoms with van der Waals surface area (Å²) in [7, 11) is 4.48. The SMILES string of the molecule is CCCCCCCCc1ccc(OC(C)COC(=O)CCCC[N+](C)(C)Cc2ccccc2)cc1. The number of carbonyl (C=O) groups is 1. The van der Waals surface area contributed by atoms with Crippen LogP contribution < -0.4 is 4.74 Å². The van der Waals surface area contributed by atoms with Gasteiger partial charge in [-0.3, -0.25) is 4.79 Å². The first-order valence-corrected chi connectivity index (χ1v) is 13.6. The van der Waals surface area contributed by atoms with E-state index in [4.69, 9.17) is 9.47 Å². The van der Waals surface area contributed by atoms with Gasteiger partial charge in [0.05, 0.1) is 20.6 Å². The molecule has 2 aromatic carbocycles. The lowest BCUT2D eigenvalue weighted by atomic mass is 10.0. The van der Waals surface area contributed by atoms with E-state index in [2.05, 4.69) is 63.5 Å². The molecule has 4 nitrogen and oxygen atoms in total. The summed E-state index contributed by atoms with van der Waals surface area (Å²) in [6.45, 7) is 6.52. The van der Waals surface area contributed by atoms with Crippen molar-refractivity contribution in [2.24, 2.45) is 0 Å². The highest BCUT2D eigenvalue weighted by Gasteiger charge is 2.16. The molecular formula is C31H48NO3+. The summed E-state index contributed by atoms with van der Waals surface area (Å²) in [4.78, 5) is 12.2. The van der Waals surface area contributed by atoms with Gasteiger partial charge in [0, 0.05) is 12.0 Å². The standard InChI is InChI=1S/C31H48NO3/c1-5-6-7-8-9-11-16-28-20-22-30(23-21-28)35-27(2)26-34-31(33)19-14-15-24-32(3,4)25-29-17-12-10-13-18-29/h10,12-13,17-18,20-23,27H,5-9,11,14-16,19,24-26H2,1-4H3/q+1. The van der Waals surface area contributed by atoms with Gasteiger partial charge in [0.25, 0.3) is 0 Å². The Kier molecular flexibility index (Phi) is 13.5. The van der Waals surface area contributed by atoms with Gasteiger partial charge in [-0.2, -0.15) is 0 Å². The van der Waals surface area contributed by atoms with Crippen LogP contribution in [0.5, 0.6) is 5.75 Å². The predicted molar refractivity (Wildman–Crippen MR) is 146 cm³/mol. The second kappa shape index (κ2) is 16.4. The van der Waals surface area contributed by atoms with Crippen LogP contribution in [-0.2, 0) is 22.5 Å². The Labute approximate surface area is 214 Å². The van der Waals surface area contributed by atoms with Crippen LogP contribution in [0.15, 0.2) is 54.6 Å². The summed E-state index contributed by atoms with van der Waals surface area (Å²) in [5.41, 5.74) is 2.70. The number of nitrogens with zero attached hydrogens (tertiary/aromatic N) is 1. The second-order valence-corrected chi connectivity index (χ2v) is 10.5. The van der Waals surface area contributed by atoms with Gasteiger partial charge in [-0.25, -0.2) is 0 Å². The van der Waals surface area contributed by atoms with Crippen LogP contribution in [0.1, 0.15) is 82.8 Å². The zero-order valence-corrected chi connectivity index (χ0v) is 22.6. The lowest BCUT2D eigenvalue weighted by molar-refractivity contribution is -0.903. The quantitative estimate of drug-likeness (QED) is 0.127. The summed E-state index contributed by atoms with van der Waals surface area (Å²) in [6, 6.07) is 18.9. The van der Waals surface area contributed by atoms with Crippen molar-refractivity contribution in [3.8, 4) is 5.75 Å². The minimum absolute atomic E-state index is 0.136. The number of benzene rings is 2. The number of hydrogen-bond acceptors (Lipinski definition) is 3. The fraction of sp³-hybridized carbons (Fsp3) is 0.581. The summed E-state index contributed by atoms with van der Waals surface area (Å²) >= 11 is 0. The van der Waals surface area contributed by atoms with E-state index in [9.17, 15) is 4.79 Å². The van der Waals surface area contributed by atoms with Crippen molar-refractivity contribution in [2.45, 2.75) is 90.7 Å². The molecule has 1 unspecified atom stereocenters. The van der Waals surface area contributed by atoms with Gasteiger partial charge >= 0.3 is 5.97 Å². The number of aryl methyl sites for hydroxylation is 1. The van der Waals surface area contributed by atoms with Gasteiger partial charge in [0.1, 0.15) is 25.0 Å². The molecule has 0 aromatic heterocycles. The Hall–Kier alpha value is -2.33. The Morgan fingerprint density at radius 2 is 1.51 bits per heavy atom. The molecule has 35 heavy (non-hydrogen) atoms. The Balaban J connectivity index is 1.56. The van der Waals surface area contributed by atoms with Crippen molar-refractivity contribution in [3.05, 3.63) is 65.7 Å². The first-order chi connectivity index (χ1) is 16.9. The van der Waals surface area contributed by atoms with Crippen LogP contribution in [0.3, 0.4) is 0 Å². The topological polar surface area (TPSA) is 35.5 Å². The molecule has 0 fully saturated rings. The average molecular weight is 483 g/mol. The maximum atomic E-state index is 12.2. The molecule has 0 heterocycles. The van der Waals surface area contributed by atoms with Crippen molar-refractivity contribution < 1.29 is 18.8 Å². The van der Waals surface area contributed by atoms with Gasteiger partial charge < -0.3 is 14.0 Å². The molecule has 0 N–H and O–H groups in total. The van der Waals surface area contributed by atoms with Crippen LogP contribution in [0, 0.1) is 0 Å². The second-order valence-electron chi connectivity index (χ2n) is 10.5. The summed E-state index contributed by atoms with van der Waals surface area (Å²) < 4.78 is 12.3. The molecule has 4 heteroatoms. The van der Waals surface area contributed by atoms with Gasteiger partial charge in [0.2, 0.25) is 0 Å². The fourth-order valence-corrected chi connectivity index (χ4v) is 4.36. The Morgan fingerprint density at radius 3 is 2.23 bits per heavy atom. The first kappa shape index (κ1) is 28.9. The molecule has 0 saturated carbocycles. The molecule has 0 aliphatic rings. The zero-order valence-electron chi connectivity index (χ0n) is 22.6. The summed E-state index contributed by atoms with van der Waals surface area (Å²) in [5, 5.41) is 0. The Bertz CT molecular complexity index is 817. The van der Waals surface area contributed by atoms with E-state index in [1.165, 1.54) is 49.7 Å². The normalized spacial score (nSPS) is 12.3. The van der Waals surface area contributed by atoms with E-state index >= 15 is 0 Å². The van der Waals surface area contributed by atoms with Crippen molar-refractivity contribution in [2.75, 3.05) is 27.2 Å². The third-order valence-corrected chi connectivity index (χ3v) is 6.41. The summed E-state index contributed by atoms with van der Waals surface area (Å²) in [6.07, 6.45) is 11.2. The molecule has 0 amide bonds. The van der Waals surface area contributed by atoms with Crippen LogP contribution in [-0.4, -0.2) is 43.8 Å². The fourth-order valence-electron chi connectivity index (χ4n) is 4.36. The highest BCUT2D eigenvalue weighted by atomic mass is 16.6. The van der Waals surface area contributed by atoms with Crippen LogP contribution in [0.2, 0.25) is 0 Å². The van der Waals surface area contributed by atoms with Crippen molar-refractivity contribution in [3.63, 3.8) is 0 Å². The molecule has 2 aromatic rings. The molecule has 0 saturated heterocycles. The maximum Gasteiger partial charge on any atom is 0.305 e. The van der Waals surface area contributed by atoms with E-state index in [0.29, 0.717) is 6.42 Å². The minimum atomic E-state index is -0.162. The molecule has 0 radical (unpaired) electrons. The lowest BCUT2D eigenvalue weighted by Crippen LogP contribution is -2.39. The van der Waals surface area contributed by atoms with E-state index < -0.39 is 0 Å². The van der Waals surface area contributed by atoms with E-state index in [0.717, 1.165) is 42.6 Å². The van der Waals surface area contributed by atoms with Crippen LogP contribution >= 0.6 is 0 Å². The average Bonchev–Trinajstić information content (AvgIpc) is 2.84. The molecule has 0 spiro atoms. The largest absolute Gasteiger partial charge is 0.487 e. The highest BCUT2D eigenvalue weighted by molar-refractivity contribution is 5.69. The van der Waals surface area contributed by atoms with Crippen LogP contribution in [0.25, 0.3) is 0 Å². The molecular weight excluding hydrogens is 434 g/mol. The van der Waals surface area contributed by atoms with Gasteiger partial charge in [-0.05, 0) is 50.3 Å². The molecule has 1 atom stereocenters. The number of hydrogen-bond donors (Lipinski definition) is 0. The smallest absolute Gasteiger partial charge is 0.305 e. The lowest BCUT2D eigenvalue weighted by Gasteiger charge is -2.30. The van der Waals surface area contributed by atoms with Gasteiger partial charge in [-0.1, -0.05) is 81.5 Å². The highest BCUT2D eigenvalue weighted by Crippen LogP contribution is 2.17. The molecule has 194 valence electrons. The summed E-state index contributed by atoms with van der Waals surface area (Å²) in [5.74, 6) is 0.696. The molecule has 0 aliphatic heterocycles. The van der Waals surface area contributed by atoms with Crippen molar-refractivity contribution in [1.29, 1.82) is 0 Å². The van der Waals surface area contributed by atoms with Crippen molar-refractivity contribution >= 4 is 5.97 Å². The van der Waals surface area contributed by atoms with Crippen molar-refractivity contribution in [1.82, 2.24) is 0 Å². The molecule has 2 rings (SSSR count). The number of carbonyl (C=O) groups excluding carboxylic acids is 1. The number of esters is 1. The first-order valence-electron chi connectivity index (χ1n) is 13.6. The van der Waals surface area contributed by atoms with E-state index in [1.54, 1.807) is 0 Å². The number of quaternary nitrogens is 1. The van der Waals surface area contributed by atoms with Crippen LogP contribution in [0.4, 0.5) is 0 Å². The molecule has 0 aliphatic carbocycles. The van der Waals surface area contributed by atoms with E-state index in [1.807, 2.05) is 19.1 Å². The number of ether oxygens (including phenoxy) is 2. The molecule has 0 bridgehead atoms. The zero-order chi connectivity index (χ0) is 25.4. The van der Waals surface area contributed by atoms with E-state index in [-0.39, 0.29) is 18.7 Å². The predicted octanol–water partition coefficient (Wildman–Crippen LogP) is 7.35. The van der Waals surface area contributed by atoms with Gasteiger partial charge in [0.15, 0.2) is 0 Å². The third kappa shape index (κ3) is 13.4. The third-order valence-electron chi connectivity index (χ3n) is 6.41. The minimum Gasteiger partial charge on any atom is -0.487 e. The monoisotopic (exact) mass is 482 g/mol. The maximum absolute atomic E-state index is 12.2. The Morgan fingerprint density at radius 1 is 0.829 bits per heavy atom. The number of rotatable bonds is 18.